The van der Waals surface area contributed by atoms with Crippen LogP contribution < -0.4 is 5.32 Å². The lowest BCUT2D eigenvalue weighted by atomic mass is 9.97. The van der Waals surface area contributed by atoms with Crippen molar-refractivity contribution in [2.45, 2.75) is 32.6 Å². The number of amides is 1. The maximum Gasteiger partial charge on any atom is 0.251 e. The van der Waals surface area contributed by atoms with Gasteiger partial charge in [0, 0.05) is 42.0 Å². The molecule has 0 bridgehead atoms. The summed E-state index contributed by atoms with van der Waals surface area (Å²) in [6, 6.07) is 17.3. The number of hydrogen-bond donors (Lipinski definition) is 1. The molecule has 4 rings (SSSR count). The molecule has 2 aromatic carbocycles. The molecule has 3 aromatic rings. The van der Waals surface area contributed by atoms with Crippen LogP contribution in [0.4, 0.5) is 0 Å². The predicted molar refractivity (Wildman–Crippen MR) is 133 cm³/mol. The van der Waals surface area contributed by atoms with E-state index in [0.29, 0.717) is 18.0 Å². The monoisotopic (exact) mass is 436 g/mol. The third-order valence-electron chi connectivity index (χ3n) is 5.69. The van der Waals surface area contributed by atoms with Gasteiger partial charge in [-0.05, 0) is 74.9 Å². The predicted octanol–water partition coefficient (Wildman–Crippen LogP) is 5.17. The standard InChI is InChI=1S/C28H28N4O/c1-22-10-11-24(16-19-29-22)9-5-17-30-28(33)26-14-15-27(32-20-6-18-31-32)25(21-26)13-12-23-7-3-2-4-8-23/h2-4,6-8,14-16,18-21,24H,5,9-11,17H2,1H3,(H,30,33). The Morgan fingerprint density at radius 3 is 2.85 bits per heavy atom. The number of aromatic nitrogens is 2. The summed E-state index contributed by atoms with van der Waals surface area (Å²) in [6.45, 7) is 2.72. The number of carbonyl (C=O) groups excluding carboxylic acids is 1. The summed E-state index contributed by atoms with van der Waals surface area (Å²) in [6.07, 6.45) is 11.9. The number of benzene rings is 2. The zero-order valence-electron chi connectivity index (χ0n) is 18.9. The summed E-state index contributed by atoms with van der Waals surface area (Å²) in [5.74, 6) is 6.85. The van der Waals surface area contributed by atoms with Crippen molar-refractivity contribution >= 4 is 11.6 Å². The van der Waals surface area contributed by atoms with Gasteiger partial charge in [-0.1, -0.05) is 36.1 Å². The summed E-state index contributed by atoms with van der Waals surface area (Å²) < 4.78 is 1.77. The quantitative estimate of drug-likeness (QED) is 0.428. The molecule has 2 heterocycles. The average molecular weight is 437 g/mol. The third-order valence-corrected chi connectivity index (χ3v) is 5.69. The molecule has 33 heavy (non-hydrogen) atoms. The zero-order chi connectivity index (χ0) is 22.9. The van der Waals surface area contributed by atoms with E-state index in [4.69, 9.17) is 0 Å². The van der Waals surface area contributed by atoms with Gasteiger partial charge in [0.25, 0.3) is 5.91 Å². The topological polar surface area (TPSA) is 59.3 Å². The van der Waals surface area contributed by atoms with Gasteiger partial charge >= 0.3 is 0 Å². The van der Waals surface area contributed by atoms with Gasteiger partial charge < -0.3 is 5.32 Å². The number of carbonyl (C=O) groups is 1. The summed E-state index contributed by atoms with van der Waals surface area (Å²) >= 11 is 0. The highest BCUT2D eigenvalue weighted by molar-refractivity contribution is 5.95. The second-order valence-corrected chi connectivity index (χ2v) is 8.20. The summed E-state index contributed by atoms with van der Waals surface area (Å²) in [7, 11) is 0. The molecule has 1 aliphatic rings. The van der Waals surface area contributed by atoms with Gasteiger partial charge in [-0.25, -0.2) is 4.68 Å². The van der Waals surface area contributed by atoms with Crippen molar-refractivity contribution in [1.82, 2.24) is 15.1 Å². The van der Waals surface area contributed by atoms with Gasteiger partial charge in [0.2, 0.25) is 0 Å². The Balaban J connectivity index is 1.42. The number of hydrogen-bond acceptors (Lipinski definition) is 3. The number of nitrogens with one attached hydrogen (secondary N) is 1. The Bertz CT molecular complexity index is 1200. The normalized spacial score (nSPS) is 15.2. The Labute approximate surface area is 195 Å². The van der Waals surface area contributed by atoms with Crippen LogP contribution in [0.1, 0.15) is 54.1 Å². The van der Waals surface area contributed by atoms with E-state index in [9.17, 15) is 4.79 Å². The molecule has 1 amide bonds. The van der Waals surface area contributed by atoms with Gasteiger partial charge in [0.1, 0.15) is 0 Å². The second kappa shape index (κ2) is 11.1. The van der Waals surface area contributed by atoms with Crippen LogP contribution in [0.15, 0.2) is 84.3 Å². The summed E-state index contributed by atoms with van der Waals surface area (Å²) in [5, 5.41) is 7.38. The Kier molecular flexibility index (Phi) is 7.50. The van der Waals surface area contributed by atoms with Gasteiger partial charge in [0.05, 0.1) is 11.3 Å². The molecule has 0 aliphatic carbocycles. The smallest absolute Gasteiger partial charge is 0.251 e. The SMILES string of the molecule is CC1=NC=CC(CCCNC(=O)c2ccc(-n3cccn3)c(C#Cc3ccccc3)c2)CC1. The average Bonchev–Trinajstić information content (AvgIpc) is 3.30. The molecule has 5 heteroatoms. The highest BCUT2D eigenvalue weighted by atomic mass is 16.1. The minimum Gasteiger partial charge on any atom is -0.352 e. The number of aliphatic imine (C=N–C) groups is 1. The van der Waals surface area contributed by atoms with E-state index in [1.807, 2.05) is 67.0 Å². The first-order valence-electron chi connectivity index (χ1n) is 11.4. The zero-order valence-corrected chi connectivity index (χ0v) is 18.9. The molecule has 1 aromatic heterocycles. The van der Waals surface area contributed by atoms with E-state index < -0.39 is 0 Å². The van der Waals surface area contributed by atoms with Crippen LogP contribution in [0.3, 0.4) is 0 Å². The van der Waals surface area contributed by atoms with Crippen LogP contribution in [0.2, 0.25) is 0 Å². The van der Waals surface area contributed by atoms with Gasteiger partial charge in [-0.3, -0.25) is 9.79 Å². The molecular weight excluding hydrogens is 408 g/mol. The minimum absolute atomic E-state index is 0.0830. The van der Waals surface area contributed by atoms with Crippen LogP contribution in [0, 0.1) is 17.8 Å². The Morgan fingerprint density at radius 2 is 2.03 bits per heavy atom. The molecule has 0 saturated carbocycles. The van der Waals surface area contributed by atoms with E-state index in [1.165, 1.54) is 5.71 Å². The highest BCUT2D eigenvalue weighted by Gasteiger charge is 2.12. The van der Waals surface area contributed by atoms with Crippen molar-refractivity contribution in [1.29, 1.82) is 0 Å². The molecule has 1 aliphatic heterocycles. The fraction of sp³-hybridized carbons (Fsp3) is 0.250. The minimum atomic E-state index is -0.0830. The van der Waals surface area contributed by atoms with Crippen LogP contribution in [0.25, 0.3) is 5.69 Å². The fourth-order valence-corrected chi connectivity index (χ4v) is 3.81. The number of allylic oxidation sites excluding steroid dienone is 1. The van der Waals surface area contributed by atoms with Gasteiger partial charge in [0.15, 0.2) is 0 Å². The molecule has 1 unspecified atom stereocenters. The molecular formula is C28H28N4O. The highest BCUT2D eigenvalue weighted by Crippen LogP contribution is 2.19. The first-order chi connectivity index (χ1) is 16.2. The molecule has 1 atom stereocenters. The third kappa shape index (κ3) is 6.30. The first kappa shape index (κ1) is 22.3. The molecule has 0 fully saturated rings. The van der Waals surface area contributed by atoms with Gasteiger partial charge in [-0.15, -0.1) is 0 Å². The molecule has 0 radical (unpaired) electrons. The lowest BCUT2D eigenvalue weighted by molar-refractivity contribution is 0.0952. The van der Waals surface area contributed by atoms with Gasteiger partial charge in [-0.2, -0.15) is 5.10 Å². The molecule has 0 saturated heterocycles. The second-order valence-electron chi connectivity index (χ2n) is 8.20. The molecule has 5 nitrogen and oxygen atoms in total. The van der Waals surface area contributed by atoms with Crippen LogP contribution >= 0.6 is 0 Å². The van der Waals surface area contributed by atoms with Crippen molar-refractivity contribution in [3.63, 3.8) is 0 Å². The number of nitrogens with zero attached hydrogens (tertiary/aromatic N) is 3. The maximum atomic E-state index is 12.8. The van der Waals surface area contributed by atoms with E-state index >= 15 is 0 Å². The van der Waals surface area contributed by atoms with Crippen molar-refractivity contribution in [2.75, 3.05) is 6.54 Å². The maximum absolute atomic E-state index is 12.8. The molecule has 166 valence electrons. The Morgan fingerprint density at radius 1 is 1.15 bits per heavy atom. The number of rotatable bonds is 6. The van der Waals surface area contributed by atoms with Crippen LogP contribution in [0.5, 0.6) is 0 Å². The van der Waals surface area contributed by atoms with E-state index in [-0.39, 0.29) is 5.91 Å². The fourth-order valence-electron chi connectivity index (χ4n) is 3.81. The molecule has 0 spiro atoms. The van der Waals surface area contributed by atoms with E-state index in [1.54, 1.807) is 10.9 Å². The van der Waals surface area contributed by atoms with Crippen LogP contribution in [-0.4, -0.2) is 27.9 Å². The van der Waals surface area contributed by atoms with E-state index in [2.05, 4.69) is 40.2 Å². The van der Waals surface area contributed by atoms with Crippen molar-refractivity contribution in [3.05, 3.63) is 96.0 Å². The summed E-state index contributed by atoms with van der Waals surface area (Å²) in [4.78, 5) is 17.2. The lowest BCUT2D eigenvalue weighted by Gasteiger charge is -2.12. The van der Waals surface area contributed by atoms with E-state index in [0.717, 1.165) is 42.5 Å². The van der Waals surface area contributed by atoms with Crippen LogP contribution in [-0.2, 0) is 0 Å². The van der Waals surface area contributed by atoms with Crippen molar-refractivity contribution in [2.24, 2.45) is 10.9 Å². The molecule has 1 N–H and O–H groups in total. The lowest BCUT2D eigenvalue weighted by Crippen LogP contribution is -2.25. The Hall–Kier alpha value is -3.91. The largest absolute Gasteiger partial charge is 0.352 e. The van der Waals surface area contributed by atoms with Crippen molar-refractivity contribution in [3.8, 4) is 17.5 Å². The van der Waals surface area contributed by atoms with Crippen molar-refractivity contribution < 1.29 is 4.79 Å². The first-order valence-corrected chi connectivity index (χ1v) is 11.4. The summed E-state index contributed by atoms with van der Waals surface area (Å²) in [5.41, 5.74) is 4.31.